The molecule has 0 fully saturated rings. The number of sulfone groups is 1. The van der Waals surface area contributed by atoms with Crippen LogP contribution in [0.5, 0.6) is 0 Å². The van der Waals surface area contributed by atoms with Crippen LogP contribution in [0.3, 0.4) is 0 Å². The second kappa shape index (κ2) is 8.17. The molecule has 0 radical (unpaired) electrons. The first kappa shape index (κ1) is 16.0. The van der Waals surface area contributed by atoms with E-state index in [4.69, 9.17) is 4.74 Å². The van der Waals surface area contributed by atoms with Gasteiger partial charge in [0.25, 0.3) is 0 Å². The van der Waals surface area contributed by atoms with Crippen molar-refractivity contribution in [2.24, 2.45) is 0 Å². The van der Waals surface area contributed by atoms with E-state index in [1.807, 2.05) is 0 Å². The Balaban J connectivity index is 2.37. The van der Waals surface area contributed by atoms with Crippen molar-refractivity contribution in [1.29, 1.82) is 0 Å². The Kier molecular flexibility index (Phi) is 6.87. The number of ether oxygens (including phenoxy) is 1. The van der Waals surface area contributed by atoms with Crippen molar-refractivity contribution in [1.82, 2.24) is 0 Å². The van der Waals surface area contributed by atoms with Crippen molar-refractivity contribution < 1.29 is 13.2 Å². The van der Waals surface area contributed by atoms with Crippen molar-refractivity contribution in [3.05, 3.63) is 24.3 Å². The highest BCUT2D eigenvalue weighted by atomic mass is 32.2. The highest BCUT2D eigenvalue weighted by molar-refractivity contribution is 7.91. The quantitative estimate of drug-likeness (QED) is 0.709. The van der Waals surface area contributed by atoms with E-state index in [9.17, 15) is 8.42 Å². The lowest BCUT2D eigenvalue weighted by molar-refractivity contribution is 0.134. The summed E-state index contributed by atoms with van der Waals surface area (Å²) in [5.41, 5.74) is 0.936. The molecule has 0 saturated heterocycles. The summed E-state index contributed by atoms with van der Waals surface area (Å²) in [6, 6.07) is 6.90. The van der Waals surface area contributed by atoms with Crippen molar-refractivity contribution in [3.8, 4) is 0 Å². The molecule has 0 spiro atoms. The fourth-order valence-electron chi connectivity index (χ4n) is 1.60. The molecule has 0 amide bonds. The molecule has 0 heterocycles. The largest absolute Gasteiger partial charge is 0.385 e. The standard InChI is InChI=1S/C14H23NO3S/c1-3-11-18-12-5-10-15-13-6-8-14(9-7-13)19(16,17)4-2/h6-9,15H,3-5,10-12H2,1-2H3. The second-order valence-corrected chi connectivity index (χ2v) is 6.60. The molecule has 1 aromatic rings. The lowest BCUT2D eigenvalue weighted by Gasteiger charge is -2.08. The van der Waals surface area contributed by atoms with Gasteiger partial charge in [-0.1, -0.05) is 13.8 Å². The minimum absolute atomic E-state index is 0.133. The molecule has 5 heteroatoms. The van der Waals surface area contributed by atoms with Crippen LogP contribution in [0.4, 0.5) is 5.69 Å². The van der Waals surface area contributed by atoms with Crippen LogP contribution in [-0.4, -0.2) is 33.9 Å². The maximum atomic E-state index is 11.6. The van der Waals surface area contributed by atoms with E-state index in [1.54, 1.807) is 31.2 Å². The Labute approximate surface area is 116 Å². The average Bonchev–Trinajstić information content (AvgIpc) is 2.43. The highest BCUT2D eigenvalue weighted by Crippen LogP contribution is 2.15. The summed E-state index contributed by atoms with van der Waals surface area (Å²) in [4.78, 5) is 0.381. The summed E-state index contributed by atoms with van der Waals surface area (Å²) in [7, 11) is -3.10. The third-order valence-corrected chi connectivity index (χ3v) is 4.49. The van der Waals surface area contributed by atoms with Gasteiger partial charge in [0.05, 0.1) is 10.6 Å². The van der Waals surface area contributed by atoms with Crippen LogP contribution in [0.2, 0.25) is 0 Å². The zero-order valence-electron chi connectivity index (χ0n) is 11.7. The second-order valence-electron chi connectivity index (χ2n) is 4.32. The molecule has 1 aromatic carbocycles. The Morgan fingerprint density at radius 2 is 1.79 bits per heavy atom. The fraction of sp³-hybridized carbons (Fsp3) is 0.571. The van der Waals surface area contributed by atoms with Crippen LogP contribution >= 0.6 is 0 Å². The zero-order chi connectivity index (χ0) is 14.1. The molecular weight excluding hydrogens is 262 g/mol. The fourth-order valence-corrected chi connectivity index (χ4v) is 2.48. The highest BCUT2D eigenvalue weighted by Gasteiger charge is 2.10. The summed E-state index contributed by atoms with van der Waals surface area (Å²) >= 11 is 0. The van der Waals surface area contributed by atoms with Gasteiger partial charge in [-0.15, -0.1) is 0 Å². The van der Waals surface area contributed by atoms with E-state index < -0.39 is 9.84 Å². The van der Waals surface area contributed by atoms with Crippen LogP contribution in [0.1, 0.15) is 26.7 Å². The monoisotopic (exact) mass is 285 g/mol. The maximum Gasteiger partial charge on any atom is 0.178 e. The summed E-state index contributed by atoms with van der Waals surface area (Å²) in [6.07, 6.45) is 1.98. The lowest BCUT2D eigenvalue weighted by Crippen LogP contribution is -2.07. The molecule has 0 aromatic heterocycles. The van der Waals surface area contributed by atoms with Crippen LogP contribution < -0.4 is 5.32 Å². The van der Waals surface area contributed by atoms with Gasteiger partial charge < -0.3 is 10.1 Å². The molecule has 0 saturated carbocycles. The minimum Gasteiger partial charge on any atom is -0.385 e. The van der Waals surface area contributed by atoms with Gasteiger partial charge in [0, 0.05) is 25.4 Å². The molecule has 19 heavy (non-hydrogen) atoms. The van der Waals surface area contributed by atoms with Gasteiger partial charge in [0.1, 0.15) is 0 Å². The van der Waals surface area contributed by atoms with Gasteiger partial charge in [-0.25, -0.2) is 8.42 Å². The minimum atomic E-state index is -3.10. The number of rotatable bonds is 9. The first-order chi connectivity index (χ1) is 9.10. The Bertz CT molecular complexity index is 454. The maximum absolute atomic E-state index is 11.6. The summed E-state index contributed by atoms with van der Waals surface area (Å²) in [6.45, 7) is 6.12. The van der Waals surface area contributed by atoms with Crippen LogP contribution in [0, 0.1) is 0 Å². The van der Waals surface area contributed by atoms with E-state index in [-0.39, 0.29) is 5.75 Å². The zero-order valence-corrected chi connectivity index (χ0v) is 12.5. The van der Waals surface area contributed by atoms with Gasteiger partial charge >= 0.3 is 0 Å². The third kappa shape index (κ3) is 5.61. The van der Waals surface area contributed by atoms with Gasteiger partial charge in [0.15, 0.2) is 9.84 Å². The third-order valence-electron chi connectivity index (χ3n) is 2.74. The molecule has 1 rings (SSSR count). The van der Waals surface area contributed by atoms with Crippen LogP contribution in [0.25, 0.3) is 0 Å². The molecule has 4 nitrogen and oxygen atoms in total. The molecule has 1 N–H and O–H groups in total. The summed E-state index contributed by atoms with van der Waals surface area (Å²) < 4.78 is 28.7. The van der Waals surface area contributed by atoms with Crippen LogP contribution in [-0.2, 0) is 14.6 Å². The van der Waals surface area contributed by atoms with Gasteiger partial charge in [-0.05, 0) is 37.1 Å². The first-order valence-corrected chi connectivity index (χ1v) is 8.39. The van der Waals surface area contributed by atoms with E-state index in [1.165, 1.54) is 0 Å². The number of hydrogen-bond acceptors (Lipinski definition) is 4. The molecule has 0 aliphatic rings. The van der Waals surface area contributed by atoms with Gasteiger partial charge in [-0.3, -0.25) is 0 Å². The summed E-state index contributed by atoms with van der Waals surface area (Å²) in [5.74, 6) is 0.133. The smallest absolute Gasteiger partial charge is 0.178 e. The Hall–Kier alpha value is -1.07. The molecule has 0 unspecified atom stereocenters. The number of hydrogen-bond donors (Lipinski definition) is 1. The van der Waals surface area contributed by atoms with Gasteiger partial charge in [0.2, 0.25) is 0 Å². The Morgan fingerprint density at radius 1 is 1.11 bits per heavy atom. The SMILES string of the molecule is CCCOCCCNc1ccc(S(=O)(=O)CC)cc1. The van der Waals surface area contributed by atoms with Crippen LogP contribution in [0.15, 0.2) is 29.2 Å². The molecule has 0 aliphatic carbocycles. The molecule has 0 bridgehead atoms. The van der Waals surface area contributed by atoms with E-state index >= 15 is 0 Å². The van der Waals surface area contributed by atoms with E-state index in [2.05, 4.69) is 12.2 Å². The normalized spacial score (nSPS) is 11.5. The summed E-state index contributed by atoms with van der Waals surface area (Å²) in [5, 5.41) is 3.24. The molecule has 108 valence electrons. The van der Waals surface area contributed by atoms with E-state index in [0.717, 1.165) is 38.3 Å². The van der Waals surface area contributed by atoms with E-state index in [0.29, 0.717) is 4.90 Å². The lowest BCUT2D eigenvalue weighted by atomic mass is 10.3. The molecule has 0 atom stereocenters. The van der Waals surface area contributed by atoms with Crippen molar-refractivity contribution >= 4 is 15.5 Å². The predicted octanol–water partition coefficient (Wildman–Crippen LogP) is 2.71. The topological polar surface area (TPSA) is 55.4 Å². The number of benzene rings is 1. The Morgan fingerprint density at radius 3 is 2.37 bits per heavy atom. The van der Waals surface area contributed by atoms with Gasteiger partial charge in [-0.2, -0.15) is 0 Å². The molecule has 0 aliphatic heterocycles. The van der Waals surface area contributed by atoms with Crippen molar-refractivity contribution in [2.75, 3.05) is 30.8 Å². The first-order valence-electron chi connectivity index (χ1n) is 6.74. The predicted molar refractivity (Wildman–Crippen MR) is 78.4 cm³/mol. The average molecular weight is 285 g/mol. The van der Waals surface area contributed by atoms with Crippen molar-refractivity contribution in [2.45, 2.75) is 31.6 Å². The van der Waals surface area contributed by atoms with Crippen molar-refractivity contribution in [3.63, 3.8) is 0 Å². The number of anilines is 1. The molecular formula is C14H23NO3S. The number of nitrogens with one attached hydrogen (secondary N) is 1.